The quantitative estimate of drug-likeness (QED) is 0.467. The molecule has 0 bridgehead atoms. The van der Waals surface area contributed by atoms with Gasteiger partial charge in [-0.25, -0.2) is 13.4 Å². The number of nitrogens with zero attached hydrogens (tertiary/aromatic N) is 3. The molecule has 8 heteroatoms. The lowest BCUT2D eigenvalue weighted by Crippen LogP contribution is -2.19. The molecule has 0 radical (unpaired) electrons. The van der Waals surface area contributed by atoms with Crippen LogP contribution >= 0.6 is 0 Å². The first-order chi connectivity index (χ1) is 15.0. The second-order valence-electron chi connectivity index (χ2n) is 7.85. The molecule has 1 aromatic carbocycles. The lowest BCUT2D eigenvalue weighted by atomic mass is 10.1. The third-order valence-electron chi connectivity index (χ3n) is 5.88. The van der Waals surface area contributed by atoms with E-state index >= 15 is 0 Å². The number of hydrogen-bond acceptors (Lipinski definition) is 6. The zero-order valence-electron chi connectivity index (χ0n) is 17.4. The first-order valence-electron chi connectivity index (χ1n) is 10.3. The maximum absolute atomic E-state index is 13.6. The second-order valence-corrected chi connectivity index (χ2v) is 9.77. The van der Waals surface area contributed by atoms with Crippen LogP contribution in [0.15, 0.2) is 63.1 Å². The zero-order chi connectivity index (χ0) is 21.6. The molecule has 4 aromatic rings. The van der Waals surface area contributed by atoms with Gasteiger partial charge in [0.1, 0.15) is 11.4 Å². The summed E-state index contributed by atoms with van der Waals surface area (Å²) in [6, 6.07) is 10.6. The van der Waals surface area contributed by atoms with E-state index in [1.54, 1.807) is 42.7 Å². The van der Waals surface area contributed by atoms with Gasteiger partial charge in [0.05, 0.1) is 15.5 Å². The summed E-state index contributed by atoms with van der Waals surface area (Å²) in [5, 5.41) is 4.63. The number of aryl methyl sites for hydroxylation is 2. The van der Waals surface area contributed by atoms with E-state index in [-0.39, 0.29) is 15.8 Å². The van der Waals surface area contributed by atoms with E-state index in [2.05, 4.69) is 5.16 Å². The van der Waals surface area contributed by atoms with Crippen LogP contribution in [0.25, 0.3) is 22.2 Å². The number of sulfone groups is 1. The molecule has 0 unspecified atom stereocenters. The normalized spacial score (nSPS) is 15.5. The number of fused-ring (bicyclic) bond motifs is 1. The van der Waals surface area contributed by atoms with E-state index < -0.39 is 9.84 Å². The Morgan fingerprint density at radius 2 is 1.84 bits per heavy atom. The van der Waals surface area contributed by atoms with E-state index in [1.807, 2.05) is 24.5 Å². The van der Waals surface area contributed by atoms with Gasteiger partial charge in [0.15, 0.2) is 0 Å². The number of benzene rings is 1. The molecular formula is C23H23N3O4S. The van der Waals surface area contributed by atoms with Crippen LogP contribution in [0, 0.1) is 13.8 Å². The molecule has 3 aromatic heterocycles. The smallest absolute Gasteiger partial charge is 0.208 e. The minimum atomic E-state index is -3.72. The molecule has 5 rings (SSSR count). The average molecular weight is 438 g/mol. The fraction of sp³-hybridized carbons (Fsp3) is 0.304. The molecule has 1 fully saturated rings. The maximum Gasteiger partial charge on any atom is 0.208 e. The third kappa shape index (κ3) is 3.36. The van der Waals surface area contributed by atoms with Crippen molar-refractivity contribution in [3.05, 3.63) is 60.2 Å². The Labute approximate surface area is 180 Å². The Bertz CT molecular complexity index is 1330. The molecule has 0 saturated carbocycles. The highest BCUT2D eigenvalue weighted by Crippen LogP contribution is 2.36. The van der Waals surface area contributed by atoms with Gasteiger partial charge < -0.3 is 13.8 Å². The molecule has 0 atom stereocenters. The molecule has 0 aliphatic carbocycles. The minimum Gasteiger partial charge on any atom is -0.381 e. The summed E-state index contributed by atoms with van der Waals surface area (Å²) in [7, 11) is -3.72. The van der Waals surface area contributed by atoms with Crippen LogP contribution in [0.4, 0.5) is 0 Å². The number of rotatable bonds is 4. The van der Waals surface area contributed by atoms with Crippen molar-refractivity contribution in [2.75, 3.05) is 13.2 Å². The summed E-state index contributed by atoms with van der Waals surface area (Å²) >= 11 is 0. The van der Waals surface area contributed by atoms with E-state index in [9.17, 15) is 8.42 Å². The number of ether oxygens (including phenoxy) is 1. The summed E-state index contributed by atoms with van der Waals surface area (Å²) in [6.07, 6.45) is 5.15. The van der Waals surface area contributed by atoms with E-state index in [0.717, 1.165) is 29.7 Å². The minimum absolute atomic E-state index is 0.147. The monoisotopic (exact) mass is 437 g/mol. The third-order valence-corrected chi connectivity index (χ3v) is 7.68. The molecule has 4 heterocycles. The van der Waals surface area contributed by atoms with Gasteiger partial charge in [-0.05, 0) is 44.9 Å². The molecule has 1 saturated heterocycles. The van der Waals surface area contributed by atoms with Crippen LogP contribution in [0.2, 0.25) is 0 Å². The van der Waals surface area contributed by atoms with E-state index in [1.165, 1.54) is 0 Å². The van der Waals surface area contributed by atoms with E-state index in [4.69, 9.17) is 14.2 Å². The van der Waals surface area contributed by atoms with Crippen LogP contribution in [-0.2, 0) is 14.6 Å². The number of aromatic nitrogens is 3. The molecular weight excluding hydrogens is 414 g/mol. The Morgan fingerprint density at radius 3 is 2.52 bits per heavy atom. The van der Waals surface area contributed by atoms with Gasteiger partial charge >= 0.3 is 0 Å². The molecule has 7 nitrogen and oxygen atoms in total. The largest absolute Gasteiger partial charge is 0.381 e. The highest BCUT2D eigenvalue weighted by atomic mass is 32.2. The van der Waals surface area contributed by atoms with Crippen molar-refractivity contribution in [1.82, 2.24) is 14.7 Å². The van der Waals surface area contributed by atoms with Crippen molar-refractivity contribution in [2.45, 2.75) is 42.5 Å². The molecule has 31 heavy (non-hydrogen) atoms. The Hall–Kier alpha value is -2.97. The molecule has 0 N–H and O–H groups in total. The number of pyridine rings is 1. The van der Waals surface area contributed by atoms with Gasteiger partial charge in [-0.3, -0.25) is 0 Å². The van der Waals surface area contributed by atoms with Crippen LogP contribution in [0.3, 0.4) is 0 Å². The van der Waals surface area contributed by atoms with Crippen LogP contribution in [0.1, 0.15) is 30.3 Å². The summed E-state index contributed by atoms with van der Waals surface area (Å²) in [6.45, 7) is 5.02. The van der Waals surface area contributed by atoms with Gasteiger partial charge in [-0.2, -0.15) is 0 Å². The van der Waals surface area contributed by atoms with Crippen LogP contribution in [-0.4, -0.2) is 36.3 Å². The first kappa shape index (κ1) is 20.0. The standard InChI is InChI=1S/C23H23N3O4S/c1-15-22(16(2)30-25-15)17-12-20-21(31(27,28)19-6-4-3-5-7-19)14-26(23(20)24-13-17)18-8-10-29-11-9-18/h3-7,12-14,18H,8-11H2,1-2H3. The Balaban J connectivity index is 1.76. The van der Waals surface area contributed by atoms with Crippen molar-refractivity contribution in [2.24, 2.45) is 0 Å². The summed E-state index contributed by atoms with van der Waals surface area (Å²) in [4.78, 5) is 5.24. The van der Waals surface area contributed by atoms with Crippen molar-refractivity contribution in [1.29, 1.82) is 0 Å². The lowest BCUT2D eigenvalue weighted by molar-refractivity contribution is 0.0705. The highest BCUT2D eigenvalue weighted by molar-refractivity contribution is 7.91. The topological polar surface area (TPSA) is 87.2 Å². The predicted octanol–water partition coefficient (Wildman–Crippen LogP) is 4.49. The van der Waals surface area contributed by atoms with Gasteiger partial charge in [0.2, 0.25) is 9.84 Å². The highest BCUT2D eigenvalue weighted by Gasteiger charge is 2.28. The van der Waals surface area contributed by atoms with Gasteiger partial charge in [-0.1, -0.05) is 23.4 Å². The molecule has 160 valence electrons. The summed E-state index contributed by atoms with van der Waals surface area (Å²) < 4.78 is 40.0. The predicted molar refractivity (Wildman–Crippen MR) is 116 cm³/mol. The Morgan fingerprint density at radius 1 is 1.10 bits per heavy atom. The van der Waals surface area contributed by atoms with Gasteiger partial charge in [0, 0.05) is 48.2 Å². The lowest BCUT2D eigenvalue weighted by Gasteiger charge is -2.24. The van der Waals surface area contributed by atoms with Gasteiger partial charge in [-0.15, -0.1) is 0 Å². The fourth-order valence-corrected chi connectivity index (χ4v) is 5.78. The molecule has 1 aliphatic rings. The summed E-state index contributed by atoms with van der Waals surface area (Å²) in [5.41, 5.74) is 3.04. The van der Waals surface area contributed by atoms with Crippen LogP contribution in [0.5, 0.6) is 0 Å². The van der Waals surface area contributed by atoms with Crippen molar-refractivity contribution >= 4 is 20.9 Å². The molecule has 0 amide bonds. The van der Waals surface area contributed by atoms with Crippen molar-refractivity contribution in [3.63, 3.8) is 0 Å². The first-order valence-corrected chi connectivity index (χ1v) is 11.8. The van der Waals surface area contributed by atoms with Crippen molar-refractivity contribution < 1.29 is 17.7 Å². The summed E-state index contributed by atoms with van der Waals surface area (Å²) in [5.74, 6) is 0.676. The van der Waals surface area contributed by atoms with Crippen LogP contribution < -0.4 is 0 Å². The average Bonchev–Trinajstić information content (AvgIpc) is 3.34. The maximum atomic E-state index is 13.6. The second kappa shape index (κ2) is 7.62. The fourth-order valence-electron chi connectivity index (χ4n) is 4.32. The molecule has 1 aliphatic heterocycles. The van der Waals surface area contributed by atoms with E-state index in [0.29, 0.717) is 30.0 Å². The van der Waals surface area contributed by atoms with Gasteiger partial charge in [0.25, 0.3) is 0 Å². The number of hydrogen-bond donors (Lipinski definition) is 0. The Kier molecular flexibility index (Phi) is 4.91. The SMILES string of the molecule is Cc1noc(C)c1-c1cnc2c(c1)c(S(=O)(=O)c1ccccc1)cn2C1CCOCC1. The van der Waals surface area contributed by atoms with Crippen molar-refractivity contribution in [3.8, 4) is 11.1 Å². The molecule has 0 spiro atoms. The zero-order valence-corrected chi connectivity index (χ0v) is 18.2.